The molecule has 0 spiro atoms. The summed E-state index contributed by atoms with van der Waals surface area (Å²) in [6.45, 7) is 1.17. The van der Waals surface area contributed by atoms with Crippen molar-refractivity contribution in [1.29, 1.82) is 5.41 Å². The van der Waals surface area contributed by atoms with E-state index in [1.807, 2.05) is 23.7 Å². The van der Waals surface area contributed by atoms with Crippen molar-refractivity contribution in [3.05, 3.63) is 41.6 Å². The van der Waals surface area contributed by atoms with E-state index in [-0.39, 0.29) is 12.1 Å². The molecule has 1 unspecified atom stereocenters. The van der Waals surface area contributed by atoms with Gasteiger partial charge in [-0.1, -0.05) is 18.2 Å². The lowest BCUT2D eigenvalue weighted by Crippen LogP contribution is -2.22. The van der Waals surface area contributed by atoms with Crippen molar-refractivity contribution in [2.45, 2.75) is 32.2 Å². The molecule has 6 nitrogen and oxygen atoms in total. The van der Waals surface area contributed by atoms with Crippen LogP contribution >= 0.6 is 0 Å². The molecule has 6 heteroatoms. The topological polar surface area (TPSA) is 87.5 Å². The fourth-order valence-corrected chi connectivity index (χ4v) is 2.65. The highest BCUT2D eigenvalue weighted by atomic mass is 16.7. The Kier molecular flexibility index (Phi) is 4.62. The second-order valence-corrected chi connectivity index (χ2v) is 5.27. The van der Waals surface area contributed by atoms with Crippen molar-refractivity contribution < 1.29 is 14.7 Å². The maximum Gasteiger partial charge on any atom is 0.158 e. The predicted molar refractivity (Wildman–Crippen MR) is 81.9 cm³/mol. The Labute approximate surface area is 128 Å². The summed E-state index contributed by atoms with van der Waals surface area (Å²) in [5.41, 5.74) is 4.20. The summed E-state index contributed by atoms with van der Waals surface area (Å²) in [5.74, 6) is -0.0546. The number of nitrogens with one attached hydrogen (secondary N) is 2. The SMILES string of the molecule is N=C(NO)c1ccc(COC2CCCCO2)c2ncccc12. The molecule has 0 aliphatic carbocycles. The fraction of sp³-hybridized carbons (Fsp3) is 0.375. The van der Waals surface area contributed by atoms with Crippen LogP contribution in [0.5, 0.6) is 0 Å². The minimum absolute atomic E-state index is 0.0546. The molecule has 1 aromatic heterocycles. The van der Waals surface area contributed by atoms with Crippen molar-refractivity contribution in [2.24, 2.45) is 0 Å². The molecule has 0 saturated carbocycles. The van der Waals surface area contributed by atoms with Crippen LogP contribution in [0.4, 0.5) is 0 Å². The average Bonchev–Trinajstić information content (AvgIpc) is 2.60. The zero-order chi connectivity index (χ0) is 15.4. The van der Waals surface area contributed by atoms with Gasteiger partial charge in [0, 0.05) is 29.3 Å². The molecule has 1 aromatic carbocycles. The van der Waals surface area contributed by atoms with E-state index in [1.54, 1.807) is 12.3 Å². The Hall–Kier alpha value is -2.02. The summed E-state index contributed by atoms with van der Waals surface area (Å²) in [6.07, 6.45) is 4.70. The molecule has 1 aliphatic heterocycles. The number of pyridine rings is 1. The van der Waals surface area contributed by atoms with Gasteiger partial charge >= 0.3 is 0 Å². The highest BCUT2D eigenvalue weighted by Crippen LogP contribution is 2.23. The van der Waals surface area contributed by atoms with Gasteiger partial charge in [-0.15, -0.1) is 0 Å². The van der Waals surface area contributed by atoms with Gasteiger partial charge in [0.25, 0.3) is 0 Å². The van der Waals surface area contributed by atoms with Crippen LogP contribution in [0, 0.1) is 5.41 Å². The number of amidine groups is 1. The first-order valence-electron chi connectivity index (χ1n) is 7.38. The van der Waals surface area contributed by atoms with Crippen LogP contribution in [-0.4, -0.2) is 28.9 Å². The monoisotopic (exact) mass is 301 g/mol. The molecule has 2 heterocycles. The molecule has 22 heavy (non-hydrogen) atoms. The Morgan fingerprint density at radius 3 is 3.09 bits per heavy atom. The summed E-state index contributed by atoms with van der Waals surface area (Å²) in [4.78, 5) is 4.40. The number of ether oxygens (including phenoxy) is 2. The van der Waals surface area contributed by atoms with Gasteiger partial charge in [-0.25, -0.2) is 0 Å². The first kappa shape index (κ1) is 14.9. The van der Waals surface area contributed by atoms with E-state index in [2.05, 4.69) is 4.98 Å². The molecule has 2 aromatic rings. The van der Waals surface area contributed by atoms with E-state index < -0.39 is 0 Å². The lowest BCUT2D eigenvalue weighted by Gasteiger charge is -2.23. The zero-order valence-corrected chi connectivity index (χ0v) is 12.2. The average molecular weight is 301 g/mol. The van der Waals surface area contributed by atoms with E-state index in [9.17, 15) is 0 Å². The number of benzene rings is 1. The van der Waals surface area contributed by atoms with E-state index in [1.165, 1.54) is 0 Å². The van der Waals surface area contributed by atoms with Crippen LogP contribution in [0.25, 0.3) is 10.9 Å². The number of hydroxylamine groups is 1. The summed E-state index contributed by atoms with van der Waals surface area (Å²) < 4.78 is 11.4. The maximum atomic E-state index is 8.95. The molecule has 0 radical (unpaired) electrons. The van der Waals surface area contributed by atoms with Crippen LogP contribution in [0.1, 0.15) is 30.4 Å². The number of rotatable bonds is 4. The van der Waals surface area contributed by atoms with Gasteiger partial charge in [0.05, 0.1) is 12.1 Å². The maximum absolute atomic E-state index is 8.95. The smallest absolute Gasteiger partial charge is 0.158 e. The fourth-order valence-electron chi connectivity index (χ4n) is 2.65. The molecule has 0 bridgehead atoms. The number of nitrogens with zero attached hydrogens (tertiary/aromatic N) is 1. The molecule has 1 atom stereocenters. The molecular weight excluding hydrogens is 282 g/mol. The highest BCUT2D eigenvalue weighted by Gasteiger charge is 2.16. The second-order valence-electron chi connectivity index (χ2n) is 5.27. The van der Waals surface area contributed by atoms with Gasteiger partial charge in [0.15, 0.2) is 6.29 Å². The second kappa shape index (κ2) is 6.83. The molecule has 1 aliphatic rings. The number of hydrogen-bond donors (Lipinski definition) is 3. The van der Waals surface area contributed by atoms with E-state index in [0.717, 1.165) is 42.3 Å². The lowest BCUT2D eigenvalue weighted by molar-refractivity contribution is -0.168. The van der Waals surface area contributed by atoms with Gasteiger partial charge in [-0.3, -0.25) is 21.1 Å². The van der Waals surface area contributed by atoms with Crippen LogP contribution in [0.15, 0.2) is 30.5 Å². The Morgan fingerprint density at radius 2 is 2.32 bits per heavy atom. The largest absolute Gasteiger partial charge is 0.353 e. The standard InChI is InChI=1S/C16H19N3O3/c17-16(19-20)13-7-6-11(15-12(13)4-3-8-18-15)10-22-14-5-1-2-9-21-14/h3-4,6-8,14,20H,1-2,5,9-10H2,(H2,17,19). The first-order chi connectivity index (χ1) is 10.8. The molecule has 116 valence electrons. The third-order valence-corrected chi connectivity index (χ3v) is 3.80. The number of aromatic nitrogens is 1. The normalized spacial score (nSPS) is 18.3. The minimum Gasteiger partial charge on any atom is -0.353 e. The zero-order valence-electron chi connectivity index (χ0n) is 12.2. The van der Waals surface area contributed by atoms with Gasteiger partial charge in [0.2, 0.25) is 0 Å². The lowest BCUT2D eigenvalue weighted by atomic mass is 10.0. The van der Waals surface area contributed by atoms with Crippen molar-refractivity contribution in [1.82, 2.24) is 10.5 Å². The van der Waals surface area contributed by atoms with Crippen LogP contribution < -0.4 is 5.48 Å². The molecular formula is C16H19N3O3. The van der Waals surface area contributed by atoms with E-state index in [4.69, 9.17) is 20.1 Å². The first-order valence-corrected chi connectivity index (χ1v) is 7.38. The Bertz CT molecular complexity index is 669. The Balaban J connectivity index is 1.85. The summed E-state index contributed by atoms with van der Waals surface area (Å²) in [7, 11) is 0. The molecule has 3 N–H and O–H groups in total. The summed E-state index contributed by atoms with van der Waals surface area (Å²) in [5, 5.41) is 17.5. The van der Waals surface area contributed by atoms with Crippen molar-refractivity contribution in [2.75, 3.05) is 6.61 Å². The quantitative estimate of drug-likeness (QED) is 0.459. The third kappa shape index (κ3) is 3.09. The van der Waals surface area contributed by atoms with Crippen LogP contribution in [-0.2, 0) is 16.1 Å². The van der Waals surface area contributed by atoms with Crippen LogP contribution in [0.2, 0.25) is 0 Å². The minimum atomic E-state index is -0.149. The summed E-state index contributed by atoms with van der Waals surface area (Å²) in [6, 6.07) is 7.35. The van der Waals surface area contributed by atoms with Gasteiger partial charge < -0.3 is 9.47 Å². The Morgan fingerprint density at radius 1 is 1.41 bits per heavy atom. The highest BCUT2D eigenvalue weighted by molar-refractivity contribution is 6.07. The molecule has 0 amide bonds. The molecule has 3 rings (SSSR count). The van der Waals surface area contributed by atoms with Gasteiger partial charge in [-0.2, -0.15) is 0 Å². The van der Waals surface area contributed by atoms with Crippen LogP contribution in [0.3, 0.4) is 0 Å². The molecule has 1 saturated heterocycles. The number of hydrogen-bond acceptors (Lipinski definition) is 5. The molecule has 1 fully saturated rings. The van der Waals surface area contributed by atoms with Crippen molar-refractivity contribution in [3.63, 3.8) is 0 Å². The summed E-state index contributed by atoms with van der Waals surface area (Å²) >= 11 is 0. The van der Waals surface area contributed by atoms with Gasteiger partial charge in [0.1, 0.15) is 5.84 Å². The third-order valence-electron chi connectivity index (χ3n) is 3.80. The van der Waals surface area contributed by atoms with Crippen molar-refractivity contribution in [3.8, 4) is 0 Å². The van der Waals surface area contributed by atoms with E-state index >= 15 is 0 Å². The van der Waals surface area contributed by atoms with E-state index in [0.29, 0.717) is 12.2 Å². The predicted octanol–water partition coefficient (Wildman–Crippen LogP) is 2.58. The van der Waals surface area contributed by atoms with Crippen molar-refractivity contribution >= 4 is 16.7 Å². The van der Waals surface area contributed by atoms with Gasteiger partial charge in [-0.05, 0) is 25.3 Å². The number of fused-ring (bicyclic) bond motifs is 1.